The zero-order valence-electron chi connectivity index (χ0n) is 9.94. The lowest BCUT2D eigenvalue weighted by Gasteiger charge is -2.04. The van der Waals surface area contributed by atoms with Gasteiger partial charge in [-0.15, -0.1) is 0 Å². The Hall–Kier alpha value is -0.990. The molecule has 0 saturated carbocycles. The predicted octanol–water partition coefficient (Wildman–Crippen LogP) is 0.934. The number of aryl methyl sites for hydroxylation is 1. The Morgan fingerprint density at radius 3 is 2.67 bits per heavy atom. The third-order valence-electron chi connectivity index (χ3n) is 2.33. The lowest BCUT2D eigenvalue weighted by atomic mass is 10.4. The van der Waals surface area contributed by atoms with E-state index in [1.165, 1.54) is 12.3 Å². The fourth-order valence-electron chi connectivity index (χ4n) is 1.51. The van der Waals surface area contributed by atoms with E-state index in [0.717, 1.165) is 6.42 Å². The first-order valence-electron chi connectivity index (χ1n) is 5.48. The number of hydrogen-bond donors (Lipinski definition) is 2. The Kier molecular flexibility index (Phi) is 5.24. The highest BCUT2D eigenvalue weighted by Crippen LogP contribution is 2.15. The van der Waals surface area contributed by atoms with Crippen LogP contribution in [0.3, 0.4) is 0 Å². The molecule has 1 heterocycles. The van der Waals surface area contributed by atoms with E-state index < -0.39 is 23.0 Å². The maximum Gasteiger partial charge on any atom is 0.251 e. The van der Waals surface area contributed by atoms with Crippen LogP contribution in [0.5, 0.6) is 0 Å². The highest BCUT2D eigenvalue weighted by Gasteiger charge is 2.19. The number of nitrogens with one attached hydrogen (secondary N) is 1. The Labute approximate surface area is 104 Å². The van der Waals surface area contributed by atoms with Gasteiger partial charge in [-0.1, -0.05) is 6.92 Å². The highest BCUT2D eigenvalue weighted by molar-refractivity contribution is 7.89. The van der Waals surface area contributed by atoms with Gasteiger partial charge in [0, 0.05) is 18.4 Å². The van der Waals surface area contributed by atoms with Crippen LogP contribution in [-0.2, 0) is 23.2 Å². The molecule has 0 atom stereocenters. The van der Waals surface area contributed by atoms with Gasteiger partial charge in [0.1, 0.15) is 0 Å². The van der Waals surface area contributed by atoms with Gasteiger partial charge in [-0.25, -0.2) is 21.9 Å². The van der Waals surface area contributed by atoms with Gasteiger partial charge in [0.05, 0.1) is 18.0 Å². The monoisotopic (exact) mass is 282 g/mol. The zero-order valence-corrected chi connectivity index (χ0v) is 10.8. The van der Waals surface area contributed by atoms with Gasteiger partial charge in [-0.2, -0.15) is 0 Å². The average Bonchev–Trinajstić information content (AvgIpc) is 2.71. The highest BCUT2D eigenvalue weighted by atomic mass is 32.2. The lowest BCUT2D eigenvalue weighted by molar-refractivity contribution is 0.153. The van der Waals surface area contributed by atoms with Crippen molar-refractivity contribution >= 4 is 10.0 Å². The summed E-state index contributed by atoms with van der Waals surface area (Å²) in [7, 11) is -3.95. The summed E-state index contributed by atoms with van der Waals surface area (Å²) in [6.07, 6.45) is -0.635. The molecule has 0 spiro atoms. The predicted molar refractivity (Wildman–Crippen MR) is 61.8 cm³/mol. The van der Waals surface area contributed by atoms with Gasteiger partial charge in [0.2, 0.25) is 10.0 Å². The van der Waals surface area contributed by atoms with Gasteiger partial charge in [0.25, 0.3) is 6.43 Å². The molecule has 2 N–H and O–H groups in total. The molecule has 18 heavy (non-hydrogen) atoms. The second kappa shape index (κ2) is 6.26. The number of aliphatic hydroxyl groups excluding tert-OH is 1. The van der Waals surface area contributed by atoms with Gasteiger partial charge >= 0.3 is 0 Å². The average molecular weight is 282 g/mol. The zero-order chi connectivity index (χ0) is 13.8. The molecule has 0 fully saturated rings. The van der Waals surface area contributed by atoms with Crippen molar-refractivity contribution in [3.63, 3.8) is 0 Å². The summed E-state index contributed by atoms with van der Waals surface area (Å²) in [6.45, 7) is 1.24. The molecule has 0 aliphatic carbocycles. The van der Waals surface area contributed by atoms with Gasteiger partial charge in [-0.3, -0.25) is 0 Å². The normalized spacial score (nSPS) is 12.3. The number of nitrogens with zero attached hydrogens (tertiary/aromatic N) is 1. The molecule has 0 amide bonds. The van der Waals surface area contributed by atoms with Crippen molar-refractivity contribution in [1.29, 1.82) is 0 Å². The van der Waals surface area contributed by atoms with Gasteiger partial charge in [0.15, 0.2) is 0 Å². The van der Waals surface area contributed by atoms with E-state index in [1.807, 2.05) is 11.6 Å². The van der Waals surface area contributed by atoms with Crippen molar-refractivity contribution in [2.75, 3.05) is 6.54 Å². The molecule has 0 unspecified atom stereocenters. The Bertz CT molecular complexity index is 485. The molecule has 0 radical (unpaired) electrons. The molecule has 0 bridgehead atoms. The topological polar surface area (TPSA) is 71.3 Å². The minimum Gasteiger partial charge on any atom is -0.390 e. The summed E-state index contributed by atoms with van der Waals surface area (Å²) in [6, 6.07) is 1.28. The molecule has 0 aliphatic heterocycles. The maximum atomic E-state index is 12.0. The first kappa shape index (κ1) is 15.1. The first-order valence-corrected chi connectivity index (χ1v) is 6.96. The van der Waals surface area contributed by atoms with Crippen LogP contribution in [0, 0.1) is 0 Å². The van der Waals surface area contributed by atoms with Crippen LogP contribution in [0.1, 0.15) is 19.0 Å². The number of alkyl halides is 2. The van der Waals surface area contributed by atoms with Crippen LogP contribution in [0.4, 0.5) is 8.78 Å². The minimum atomic E-state index is -3.95. The molecule has 104 valence electrons. The number of aromatic nitrogens is 1. The second-order valence-electron chi connectivity index (χ2n) is 3.76. The van der Waals surface area contributed by atoms with Crippen LogP contribution in [-0.4, -0.2) is 31.1 Å². The second-order valence-corrected chi connectivity index (χ2v) is 5.53. The van der Waals surface area contributed by atoms with Crippen molar-refractivity contribution in [1.82, 2.24) is 9.29 Å². The number of aliphatic hydroxyl groups is 1. The molecule has 1 rings (SSSR count). The fourth-order valence-corrected chi connectivity index (χ4v) is 2.58. The largest absolute Gasteiger partial charge is 0.390 e. The molecular formula is C10H16F2N2O3S. The summed E-state index contributed by atoms with van der Waals surface area (Å²) >= 11 is 0. The number of halogens is 2. The quantitative estimate of drug-likeness (QED) is 0.781. The van der Waals surface area contributed by atoms with Crippen molar-refractivity contribution < 1.29 is 22.3 Å². The van der Waals surface area contributed by atoms with Crippen LogP contribution in [0.25, 0.3) is 0 Å². The van der Waals surface area contributed by atoms with Gasteiger partial charge < -0.3 is 9.67 Å². The van der Waals surface area contributed by atoms with E-state index >= 15 is 0 Å². The SMILES string of the molecule is CCCn1cc(S(=O)(=O)NCC(F)F)cc1CO. The molecule has 0 aromatic carbocycles. The number of sulfonamides is 1. The molecule has 8 heteroatoms. The fraction of sp³-hybridized carbons (Fsp3) is 0.600. The third-order valence-corrected chi connectivity index (χ3v) is 3.72. The third kappa shape index (κ3) is 3.76. The van der Waals surface area contributed by atoms with Crippen molar-refractivity contribution in [2.45, 2.75) is 37.8 Å². The van der Waals surface area contributed by atoms with Crippen molar-refractivity contribution in [3.8, 4) is 0 Å². The molecule has 0 saturated heterocycles. The smallest absolute Gasteiger partial charge is 0.251 e. The van der Waals surface area contributed by atoms with E-state index in [4.69, 9.17) is 5.11 Å². The standard InChI is InChI=1S/C10H16F2N2O3S/c1-2-3-14-6-9(4-8(14)7-15)18(16,17)13-5-10(11)12/h4,6,10,13,15H,2-3,5,7H2,1H3. The summed E-state index contributed by atoms with van der Waals surface area (Å²) in [4.78, 5) is -0.111. The molecule has 0 aliphatic rings. The number of rotatable bonds is 7. The Morgan fingerprint density at radius 1 is 1.50 bits per heavy atom. The molecule has 1 aromatic heterocycles. The van der Waals surface area contributed by atoms with Crippen LogP contribution in [0.15, 0.2) is 17.2 Å². The van der Waals surface area contributed by atoms with Crippen LogP contribution < -0.4 is 4.72 Å². The van der Waals surface area contributed by atoms with Gasteiger partial charge in [-0.05, 0) is 12.5 Å². The Balaban J connectivity index is 2.95. The Morgan fingerprint density at radius 2 is 2.17 bits per heavy atom. The first-order chi connectivity index (χ1) is 8.40. The molecule has 5 nitrogen and oxygen atoms in total. The summed E-state index contributed by atoms with van der Waals surface area (Å²) in [5.41, 5.74) is 0.439. The van der Waals surface area contributed by atoms with Crippen LogP contribution >= 0.6 is 0 Å². The summed E-state index contributed by atoms with van der Waals surface area (Å²) in [5, 5.41) is 9.09. The van der Waals surface area contributed by atoms with E-state index in [-0.39, 0.29) is 11.5 Å². The summed E-state index contributed by atoms with van der Waals surface area (Å²) in [5.74, 6) is 0. The summed E-state index contributed by atoms with van der Waals surface area (Å²) < 4.78 is 50.7. The molecular weight excluding hydrogens is 266 g/mol. The molecule has 1 aromatic rings. The maximum absolute atomic E-state index is 12.0. The van der Waals surface area contributed by atoms with E-state index in [2.05, 4.69) is 0 Å². The van der Waals surface area contributed by atoms with Crippen molar-refractivity contribution in [3.05, 3.63) is 18.0 Å². The number of hydrogen-bond acceptors (Lipinski definition) is 3. The van der Waals surface area contributed by atoms with E-state index in [0.29, 0.717) is 12.2 Å². The lowest BCUT2D eigenvalue weighted by Crippen LogP contribution is -2.28. The minimum absolute atomic E-state index is 0.111. The van der Waals surface area contributed by atoms with Crippen molar-refractivity contribution in [2.24, 2.45) is 0 Å². The van der Waals surface area contributed by atoms with Crippen LogP contribution in [0.2, 0.25) is 0 Å². The van der Waals surface area contributed by atoms with E-state index in [9.17, 15) is 17.2 Å². The van der Waals surface area contributed by atoms with E-state index in [1.54, 1.807) is 4.57 Å².